The van der Waals surface area contributed by atoms with E-state index >= 15 is 0 Å². The van der Waals surface area contributed by atoms with Crippen molar-refractivity contribution in [3.63, 3.8) is 0 Å². The molecule has 1 heterocycles. The molecule has 0 aliphatic heterocycles. The van der Waals surface area contributed by atoms with E-state index in [1.165, 1.54) is 6.07 Å². The first-order valence-corrected chi connectivity index (χ1v) is 6.75. The molecule has 0 saturated carbocycles. The fourth-order valence-electron chi connectivity index (χ4n) is 1.49. The van der Waals surface area contributed by atoms with E-state index in [2.05, 4.69) is 25.9 Å². The number of rotatable bonds is 2. The van der Waals surface area contributed by atoms with Gasteiger partial charge in [-0.05, 0) is 40.5 Å². The zero-order valence-corrected chi connectivity index (χ0v) is 12.4. The molecule has 0 atom stereocenters. The maximum Gasteiger partial charge on any atom is 0.162 e. The predicted molar refractivity (Wildman–Crippen MR) is 74.5 cm³/mol. The molecule has 2 aromatic rings. The smallest absolute Gasteiger partial charge is 0.162 e. The van der Waals surface area contributed by atoms with E-state index in [-0.39, 0.29) is 5.82 Å². The fourth-order valence-corrected chi connectivity index (χ4v) is 2.39. The highest BCUT2D eigenvalue weighted by Gasteiger charge is 2.12. The van der Waals surface area contributed by atoms with Crippen LogP contribution in [0, 0.1) is 5.82 Å². The number of aromatic nitrogens is 2. The van der Waals surface area contributed by atoms with E-state index in [9.17, 15) is 4.39 Å². The number of nitrogens with zero attached hydrogens (tertiary/aromatic N) is 2. The van der Waals surface area contributed by atoms with Crippen molar-refractivity contribution in [1.82, 2.24) is 9.97 Å². The van der Waals surface area contributed by atoms with Gasteiger partial charge < -0.3 is 0 Å². The zero-order valence-electron chi connectivity index (χ0n) is 9.35. The first kappa shape index (κ1) is 13.7. The molecule has 0 N–H and O–H groups in total. The Labute approximate surface area is 122 Å². The van der Waals surface area contributed by atoms with Crippen molar-refractivity contribution >= 4 is 39.1 Å². The molecule has 0 aliphatic rings. The second-order valence-electron chi connectivity index (χ2n) is 3.59. The zero-order chi connectivity index (χ0) is 13.3. The van der Waals surface area contributed by atoms with Gasteiger partial charge in [0, 0.05) is 11.1 Å². The lowest BCUT2D eigenvalue weighted by molar-refractivity contribution is 0.621. The molecule has 0 spiro atoms. The minimum Gasteiger partial charge on any atom is -0.216 e. The Kier molecular flexibility index (Phi) is 4.20. The number of benzene rings is 1. The van der Waals surface area contributed by atoms with Crippen LogP contribution in [-0.4, -0.2) is 9.97 Å². The van der Waals surface area contributed by atoms with Gasteiger partial charge in [-0.25, -0.2) is 14.4 Å². The Morgan fingerprint density at radius 2 is 1.83 bits per heavy atom. The van der Waals surface area contributed by atoms with E-state index in [0.717, 1.165) is 0 Å². The Hall–Kier alpha value is -0.710. The first-order valence-electron chi connectivity index (χ1n) is 5.20. The quantitative estimate of drug-likeness (QED) is 0.719. The van der Waals surface area contributed by atoms with Crippen molar-refractivity contribution in [2.24, 2.45) is 0 Å². The molecular weight excluding hydrogens is 342 g/mol. The molecule has 0 bridgehead atoms. The standard InChI is InChI=1S/C12H8BrCl2FN2/c1-2-7-10(14)17-12(18-11(7)15)6-3-4-8(13)9(16)5-6/h3-5H,2H2,1H3. The van der Waals surface area contributed by atoms with E-state index in [4.69, 9.17) is 23.2 Å². The van der Waals surface area contributed by atoms with Gasteiger partial charge in [0.2, 0.25) is 0 Å². The van der Waals surface area contributed by atoms with Crippen LogP contribution in [0.5, 0.6) is 0 Å². The summed E-state index contributed by atoms with van der Waals surface area (Å²) in [5.74, 6) is -0.0727. The maximum atomic E-state index is 13.4. The number of hydrogen-bond donors (Lipinski definition) is 0. The van der Waals surface area contributed by atoms with Gasteiger partial charge in [0.05, 0.1) is 4.47 Å². The average Bonchev–Trinajstić information content (AvgIpc) is 2.32. The van der Waals surface area contributed by atoms with Gasteiger partial charge in [-0.15, -0.1) is 0 Å². The van der Waals surface area contributed by atoms with Crippen molar-refractivity contribution in [1.29, 1.82) is 0 Å². The van der Waals surface area contributed by atoms with E-state index in [0.29, 0.717) is 38.2 Å². The lowest BCUT2D eigenvalue weighted by Crippen LogP contribution is -1.97. The van der Waals surface area contributed by atoms with Crippen LogP contribution in [0.4, 0.5) is 4.39 Å². The van der Waals surface area contributed by atoms with Crippen LogP contribution >= 0.6 is 39.1 Å². The minimum absolute atomic E-state index is 0.302. The highest BCUT2D eigenvalue weighted by molar-refractivity contribution is 9.10. The lowest BCUT2D eigenvalue weighted by atomic mass is 10.2. The molecule has 1 aromatic carbocycles. The Balaban J connectivity index is 2.54. The van der Waals surface area contributed by atoms with Crippen molar-refractivity contribution in [2.45, 2.75) is 13.3 Å². The minimum atomic E-state index is -0.386. The van der Waals surface area contributed by atoms with E-state index < -0.39 is 0 Å². The second-order valence-corrected chi connectivity index (χ2v) is 5.16. The summed E-state index contributed by atoms with van der Waals surface area (Å²) < 4.78 is 13.8. The molecule has 1 aromatic heterocycles. The lowest BCUT2D eigenvalue weighted by Gasteiger charge is -2.07. The first-order chi connectivity index (χ1) is 8.52. The van der Waals surface area contributed by atoms with Crippen LogP contribution in [0.2, 0.25) is 10.3 Å². The summed E-state index contributed by atoms with van der Waals surface area (Å²) in [6, 6.07) is 4.61. The largest absolute Gasteiger partial charge is 0.216 e. The monoisotopic (exact) mass is 348 g/mol. The maximum absolute atomic E-state index is 13.4. The predicted octanol–water partition coefficient (Wildman–Crippen LogP) is 4.91. The van der Waals surface area contributed by atoms with E-state index in [1.807, 2.05) is 6.92 Å². The normalized spacial score (nSPS) is 10.7. The number of halogens is 4. The van der Waals surface area contributed by atoms with Crippen LogP contribution in [0.25, 0.3) is 11.4 Å². The molecule has 2 nitrogen and oxygen atoms in total. The van der Waals surface area contributed by atoms with Crippen molar-refractivity contribution in [3.8, 4) is 11.4 Å². The van der Waals surface area contributed by atoms with Gasteiger partial charge >= 0.3 is 0 Å². The van der Waals surface area contributed by atoms with Crippen LogP contribution in [0.1, 0.15) is 12.5 Å². The van der Waals surface area contributed by atoms with Gasteiger partial charge in [-0.1, -0.05) is 30.1 Å². The SMILES string of the molecule is CCc1c(Cl)nc(-c2ccc(Br)c(F)c2)nc1Cl. The van der Waals surface area contributed by atoms with E-state index in [1.54, 1.807) is 12.1 Å². The molecule has 18 heavy (non-hydrogen) atoms. The summed E-state index contributed by atoms with van der Waals surface area (Å²) in [5, 5.41) is 0.603. The highest BCUT2D eigenvalue weighted by atomic mass is 79.9. The van der Waals surface area contributed by atoms with Gasteiger partial charge in [0.1, 0.15) is 16.1 Å². The van der Waals surface area contributed by atoms with Gasteiger partial charge in [-0.2, -0.15) is 0 Å². The molecule has 0 aliphatic carbocycles. The molecule has 94 valence electrons. The second kappa shape index (κ2) is 5.51. The van der Waals surface area contributed by atoms with Gasteiger partial charge in [0.15, 0.2) is 5.82 Å². The molecular formula is C12H8BrCl2FN2. The summed E-state index contributed by atoms with van der Waals surface area (Å²) in [6.07, 6.45) is 0.645. The molecule has 0 unspecified atom stereocenters. The molecule has 2 rings (SSSR count). The Morgan fingerprint density at radius 1 is 1.22 bits per heavy atom. The summed E-state index contributed by atoms with van der Waals surface area (Å²) in [4.78, 5) is 8.27. The summed E-state index contributed by atoms with van der Waals surface area (Å²) in [6.45, 7) is 1.91. The molecule has 0 saturated heterocycles. The molecule has 0 fully saturated rings. The Morgan fingerprint density at radius 3 is 2.33 bits per heavy atom. The van der Waals surface area contributed by atoms with Gasteiger partial charge in [-0.3, -0.25) is 0 Å². The van der Waals surface area contributed by atoms with Crippen molar-refractivity contribution in [2.75, 3.05) is 0 Å². The van der Waals surface area contributed by atoms with Crippen LogP contribution in [-0.2, 0) is 6.42 Å². The van der Waals surface area contributed by atoms with Crippen molar-refractivity contribution < 1.29 is 4.39 Å². The third-order valence-electron chi connectivity index (χ3n) is 2.44. The fraction of sp³-hybridized carbons (Fsp3) is 0.167. The topological polar surface area (TPSA) is 25.8 Å². The van der Waals surface area contributed by atoms with Gasteiger partial charge in [0.25, 0.3) is 0 Å². The summed E-state index contributed by atoms with van der Waals surface area (Å²) >= 11 is 15.1. The summed E-state index contributed by atoms with van der Waals surface area (Å²) in [7, 11) is 0. The molecule has 6 heteroatoms. The summed E-state index contributed by atoms with van der Waals surface area (Å²) in [5.41, 5.74) is 1.22. The number of hydrogen-bond acceptors (Lipinski definition) is 2. The highest BCUT2D eigenvalue weighted by Crippen LogP contribution is 2.27. The van der Waals surface area contributed by atoms with Crippen LogP contribution in [0.3, 0.4) is 0 Å². The third kappa shape index (κ3) is 2.66. The average molecular weight is 350 g/mol. The molecule has 0 radical (unpaired) electrons. The molecule has 0 amide bonds. The Bertz CT molecular complexity index is 582. The third-order valence-corrected chi connectivity index (χ3v) is 3.71. The van der Waals surface area contributed by atoms with Crippen molar-refractivity contribution in [3.05, 3.63) is 44.4 Å². The van der Waals surface area contributed by atoms with Crippen LogP contribution in [0.15, 0.2) is 22.7 Å². The van der Waals surface area contributed by atoms with Crippen LogP contribution < -0.4 is 0 Å².